The third kappa shape index (κ3) is 65.7. The number of unbranched alkanes of at least 4 members (excludes halogenated alkanes) is 45. The average molecular weight is 1170 g/mol. The summed E-state index contributed by atoms with van der Waals surface area (Å²) in [5, 5.41) is 14.0. The molecule has 0 bridgehead atoms. The van der Waals surface area contributed by atoms with Crippen LogP contribution < -0.4 is 10.2 Å². The van der Waals surface area contributed by atoms with Gasteiger partial charge in [0.2, 0.25) is 5.91 Å². The van der Waals surface area contributed by atoms with Gasteiger partial charge in [0.25, 0.3) is 7.82 Å². The zero-order valence-electron chi connectivity index (χ0n) is 55.2. The molecule has 0 spiro atoms. The van der Waals surface area contributed by atoms with Crippen LogP contribution in [-0.2, 0) is 18.4 Å². The number of phosphoric acid groups is 1. The average Bonchev–Trinajstić information content (AvgIpc) is 3.47. The Kier molecular flexibility index (Phi) is 62.3. The van der Waals surface area contributed by atoms with Gasteiger partial charge >= 0.3 is 0 Å². The van der Waals surface area contributed by atoms with Crippen LogP contribution in [-0.4, -0.2) is 68.5 Å². The number of nitrogens with one attached hydrogen (secondary N) is 1. The van der Waals surface area contributed by atoms with Crippen molar-refractivity contribution in [2.24, 2.45) is 0 Å². The number of aliphatic hydroxyl groups excluding tert-OH is 1. The molecule has 2 N–H and O–H groups in total. The van der Waals surface area contributed by atoms with Crippen molar-refractivity contribution in [3.05, 3.63) is 60.8 Å². The molecule has 0 aromatic heterocycles. The monoisotopic (exact) mass is 1170 g/mol. The van der Waals surface area contributed by atoms with Crippen LogP contribution in [0.1, 0.15) is 348 Å². The number of rotatable bonds is 66. The number of carbonyl (C=O) groups excluding carboxylic acids is 1. The van der Waals surface area contributed by atoms with Crippen molar-refractivity contribution in [2.75, 3.05) is 40.9 Å². The Bertz CT molecular complexity index is 1520. The largest absolute Gasteiger partial charge is 0.756 e. The van der Waals surface area contributed by atoms with Crippen LogP contribution in [0.3, 0.4) is 0 Å². The Labute approximate surface area is 511 Å². The molecule has 0 aromatic carbocycles. The van der Waals surface area contributed by atoms with Crippen molar-refractivity contribution in [1.82, 2.24) is 5.32 Å². The number of aliphatic hydroxyl groups is 1. The highest BCUT2D eigenvalue weighted by atomic mass is 31.2. The van der Waals surface area contributed by atoms with Crippen LogP contribution in [0.2, 0.25) is 0 Å². The summed E-state index contributed by atoms with van der Waals surface area (Å²) in [5.74, 6) is -0.204. The van der Waals surface area contributed by atoms with Gasteiger partial charge in [0.05, 0.1) is 39.9 Å². The smallest absolute Gasteiger partial charge is 0.268 e. The van der Waals surface area contributed by atoms with E-state index < -0.39 is 26.6 Å². The standard InChI is InChI=1S/C73H139N2O6P/c1-6-8-10-12-14-16-18-20-22-24-26-28-30-32-34-36-37-39-40-42-44-46-48-50-52-54-56-58-60-62-64-66-72(76)71(70-81-82(78,79)80-69-68-75(3,4)5)74-73(77)67-65-63-61-59-57-55-53-51-49-47-45-43-41-38-35-33-31-29-27-25-23-21-19-17-15-13-11-9-7-2/h19,21,25,27,31,33,56,58,64,66,71-72,76H,6-18,20,22-24,26,28-30,32,34-55,57,59-63,65,67-70H2,1-5H3,(H-,74,77,78,79)/b21-19-,27-25-,33-31-,58-56+,66-64+. The molecule has 0 aliphatic carbocycles. The third-order valence-electron chi connectivity index (χ3n) is 16.2. The predicted molar refractivity (Wildman–Crippen MR) is 357 cm³/mol. The summed E-state index contributed by atoms with van der Waals surface area (Å²) in [7, 11) is 1.25. The summed E-state index contributed by atoms with van der Waals surface area (Å²) in [6.45, 7) is 4.66. The van der Waals surface area contributed by atoms with Gasteiger partial charge in [0.15, 0.2) is 0 Å². The van der Waals surface area contributed by atoms with Crippen LogP contribution in [0.15, 0.2) is 60.8 Å². The number of phosphoric ester groups is 1. The molecule has 0 aromatic rings. The minimum Gasteiger partial charge on any atom is -0.756 e. The Balaban J connectivity index is 4.10. The number of likely N-dealkylation sites (N-methyl/N-ethyl adjacent to an activating group) is 1. The van der Waals surface area contributed by atoms with Crippen LogP contribution in [0, 0.1) is 0 Å². The summed E-state index contributed by atoms with van der Waals surface area (Å²) in [5.41, 5.74) is 0. The minimum atomic E-state index is -4.61. The van der Waals surface area contributed by atoms with E-state index in [2.05, 4.69) is 67.8 Å². The summed E-state index contributed by atoms with van der Waals surface area (Å²) >= 11 is 0. The molecule has 82 heavy (non-hydrogen) atoms. The topological polar surface area (TPSA) is 108 Å². The molecule has 0 saturated carbocycles. The van der Waals surface area contributed by atoms with Gasteiger partial charge in [-0.25, -0.2) is 0 Å². The first-order valence-corrected chi connectivity index (χ1v) is 37.1. The lowest BCUT2D eigenvalue weighted by molar-refractivity contribution is -0.870. The number of amides is 1. The molecule has 0 saturated heterocycles. The van der Waals surface area contributed by atoms with Gasteiger partial charge in [-0.05, 0) is 70.6 Å². The highest BCUT2D eigenvalue weighted by molar-refractivity contribution is 7.45. The molecule has 0 aliphatic heterocycles. The molecular weight excluding hydrogens is 1030 g/mol. The maximum Gasteiger partial charge on any atom is 0.268 e. The quantitative estimate of drug-likeness (QED) is 0.0272. The van der Waals surface area contributed by atoms with Gasteiger partial charge in [0, 0.05) is 6.42 Å². The molecule has 482 valence electrons. The Morgan fingerprint density at radius 2 is 0.720 bits per heavy atom. The fourth-order valence-corrected chi connectivity index (χ4v) is 11.4. The van der Waals surface area contributed by atoms with Crippen LogP contribution >= 0.6 is 7.82 Å². The molecule has 0 rings (SSSR count). The molecule has 3 unspecified atom stereocenters. The molecule has 0 fully saturated rings. The molecule has 3 atom stereocenters. The SMILES string of the molecule is CCCCCCC/C=C\C/C=C\C/C=C\CCCCCCCCCCCCCCCCC(=O)NC(COP(=O)([O-])OCC[N+](C)(C)C)C(O)/C=C/CC/C=C/CCCCCCCCCCCCCCCCCCCCCCCCCCC. The highest BCUT2D eigenvalue weighted by Crippen LogP contribution is 2.38. The lowest BCUT2D eigenvalue weighted by Crippen LogP contribution is -2.45. The van der Waals surface area contributed by atoms with Crippen LogP contribution in [0.5, 0.6) is 0 Å². The Hall–Kier alpha value is -1.80. The lowest BCUT2D eigenvalue weighted by Gasteiger charge is -2.29. The van der Waals surface area contributed by atoms with E-state index in [-0.39, 0.29) is 12.5 Å². The van der Waals surface area contributed by atoms with Crippen molar-refractivity contribution in [3.63, 3.8) is 0 Å². The summed E-state index contributed by atoms with van der Waals surface area (Å²) < 4.78 is 23.4. The molecule has 0 aliphatic rings. The molecule has 1 amide bonds. The van der Waals surface area contributed by atoms with Crippen LogP contribution in [0.25, 0.3) is 0 Å². The Morgan fingerprint density at radius 3 is 1.07 bits per heavy atom. The first kappa shape index (κ1) is 80.2. The molecule has 8 nitrogen and oxygen atoms in total. The van der Waals surface area contributed by atoms with Crippen molar-refractivity contribution in [2.45, 2.75) is 360 Å². The van der Waals surface area contributed by atoms with Crippen LogP contribution in [0.4, 0.5) is 0 Å². The zero-order chi connectivity index (χ0) is 59.8. The van der Waals surface area contributed by atoms with Crippen molar-refractivity contribution < 1.29 is 32.9 Å². The first-order chi connectivity index (χ1) is 40.0. The van der Waals surface area contributed by atoms with E-state index in [1.807, 2.05) is 27.2 Å². The number of hydrogen-bond acceptors (Lipinski definition) is 6. The minimum absolute atomic E-state index is 0.00712. The summed E-state index contributed by atoms with van der Waals surface area (Å²) in [4.78, 5) is 25.6. The zero-order valence-corrected chi connectivity index (χ0v) is 56.1. The van der Waals surface area contributed by atoms with E-state index in [0.29, 0.717) is 17.4 Å². The second kappa shape index (κ2) is 63.7. The molecular formula is C73H139N2O6P. The van der Waals surface area contributed by atoms with E-state index in [1.54, 1.807) is 6.08 Å². The summed E-state index contributed by atoms with van der Waals surface area (Å²) in [6.07, 6.45) is 87.8. The number of quaternary nitrogens is 1. The molecule has 0 heterocycles. The van der Waals surface area contributed by atoms with Gasteiger partial charge in [-0.2, -0.15) is 0 Å². The highest BCUT2D eigenvalue weighted by Gasteiger charge is 2.23. The molecule has 0 radical (unpaired) electrons. The van der Waals surface area contributed by atoms with Gasteiger partial charge in [-0.1, -0.05) is 331 Å². The second-order valence-corrected chi connectivity index (χ2v) is 27.0. The van der Waals surface area contributed by atoms with Gasteiger partial charge < -0.3 is 28.8 Å². The first-order valence-electron chi connectivity index (χ1n) is 35.7. The number of carbonyl (C=O) groups is 1. The summed E-state index contributed by atoms with van der Waals surface area (Å²) in [6, 6.07) is -0.908. The fourth-order valence-electron chi connectivity index (χ4n) is 10.7. The second-order valence-electron chi connectivity index (χ2n) is 25.6. The molecule has 9 heteroatoms. The van der Waals surface area contributed by atoms with E-state index in [1.165, 1.54) is 276 Å². The van der Waals surface area contributed by atoms with Crippen molar-refractivity contribution in [3.8, 4) is 0 Å². The van der Waals surface area contributed by atoms with Crippen molar-refractivity contribution in [1.29, 1.82) is 0 Å². The predicted octanol–water partition coefficient (Wildman–Crippen LogP) is 22.1. The Morgan fingerprint density at radius 1 is 0.427 bits per heavy atom. The number of nitrogens with zero attached hydrogens (tertiary/aromatic N) is 1. The van der Waals surface area contributed by atoms with E-state index in [9.17, 15) is 19.4 Å². The van der Waals surface area contributed by atoms with Gasteiger partial charge in [0.1, 0.15) is 13.2 Å². The lowest BCUT2D eigenvalue weighted by atomic mass is 10.0. The maximum absolute atomic E-state index is 13.0. The normalized spacial score (nSPS) is 14.0. The number of hydrogen-bond donors (Lipinski definition) is 2. The maximum atomic E-state index is 13.0. The van der Waals surface area contributed by atoms with E-state index in [4.69, 9.17) is 9.05 Å². The van der Waals surface area contributed by atoms with Gasteiger partial charge in [-0.15, -0.1) is 0 Å². The fraction of sp³-hybridized carbons (Fsp3) is 0.849. The van der Waals surface area contributed by atoms with Crippen molar-refractivity contribution >= 4 is 13.7 Å². The van der Waals surface area contributed by atoms with E-state index in [0.717, 1.165) is 51.4 Å². The number of allylic oxidation sites excluding steroid dienone is 9. The third-order valence-corrected chi connectivity index (χ3v) is 17.2. The van der Waals surface area contributed by atoms with Gasteiger partial charge in [-0.3, -0.25) is 9.36 Å². The van der Waals surface area contributed by atoms with E-state index >= 15 is 0 Å².